The molecule has 2 aromatic rings. The standard InChI is InChI=1S/C15H15F4N3O2/c1-21(8-13-20-5-6-22(13)9-15(17,18)19)14(23)11-4-3-10(24-2)7-12(11)16/h3-7H,8-9H2,1-2H3. The molecule has 0 unspecified atom stereocenters. The first kappa shape index (κ1) is 17.8. The summed E-state index contributed by atoms with van der Waals surface area (Å²) in [6.07, 6.45) is -2.01. The molecule has 1 heterocycles. The molecule has 0 saturated heterocycles. The van der Waals surface area contributed by atoms with Crippen LogP contribution in [0.2, 0.25) is 0 Å². The first-order valence-corrected chi connectivity index (χ1v) is 6.87. The first-order chi connectivity index (χ1) is 11.2. The summed E-state index contributed by atoms with van der Waals surface area (Å²) in [6.45, 7) is -1.39. The lowest BCUT2D eigenvalue weighted by Gasteiger charge is -2.19. The van der Waals surface area contributed by atoms with Crippen LogP contribution in [0, 0.1) is 5.82 Å². The van der Waals surface area contributed by atoms with E-state index in [-0.39, 0.29) is 23.7 Å². The number of hydrogen-bond acceptors (Lipinski definition) is 3. The van der Waals surface area contributed by atoms with E-state index in [2.05, 4.69) is 4.98 Å². The molecule has 0 radical (unpaired) electrons. The molecule has 0 fully saturated rings. The Labute approximate surface area is 135 Å². The van der Waals surface area contributed by atoms with E-state index in [1.807, 2.05) is 0 Å². The average molecular weight is 345 g/mol. The van der Waals surface area contributed by atoms with Gasteiger partial charge in [0, 0.05) is 25.5 Å². The molecule has 0 aliphatic carbocycles. The normalized spacial score (nSPS) is 11.4. The van der Waals surface area contributed by atoms with Gasteiger partial charge in [-0.2, -0.15) is 13.2 Å². The Hall–Kier alpha value is -2.58. The maximum atomic E-state index is 13.9. The molecular weight excluding hydrogens is 330 g/mol. The van der Waals surface area contributed by atoms with Crippen LogP contribution >= 0.6 is 0 Å². The van der Waals surface area contributed by atoms with Crippen molar-refractivity contribution in [2.24, 2.45) is 0 Å². The van der Waals surface area contributed by atoms with E-state index in [0.717, 1.165) is 15.5 Å². The highest BCUT2D eigenvalue weighted by Crippen LogP contribution is 2.20. The van der Waals surface area contributed by atoms with Crippen LogP contribution < -0.4 is 4.74 Å². The Morgan fingerprint density at radius 1 is 1.38 bits per heavy atom. The van der Waals surface area contributed by atoms with Gasteiger partial charge in [0.25, 0.3) is 5.91 Å². The molecular formula is C15H15F4N3O2. The molecule has 2 rings (SSSR count). The van der Waals surface area contributed by atoms with E-state index in [9.17, 15) is 22.4 Å². The van der Waals surface area contributed by atoms with Gasteiger partial charge < -0.3 is 14.2 Å². The molecule has 0 aliphatic heterocycles. The van der Waals surface area contributed by atoms with E-state index in [1.54, 1.807) is 0 Å². The maximum absolute atomic E-state index is 13.9. The van der Waals surface area contributed by atoms with Crippen molar-refractivity contribution in [1.29, 1.82) is 0 Å². The monoisotopic (exact) mass is 345 g/mol. The molecule has 9 heteroatoms. The fraction of sp³-hybridized carbons (Fsp3) is 0.333. The van der Waals surface area contributed by atoms with E-state index < -0.39 is 24.4 Å². The van der Waals surface area contributed by atoms with Gasteiger partial charge in [0.1, 0.15) is 23.9 Å². The van der Waals surface area contributed by atoms with Crippen LogP contribution in [0.25, 0.3) is 0 Å². The summed E-state index contributed by atoms with van der Waals surface area (Å²) in [5.74, 6) is -1.13. The van der Waals surface area contributed by atoms with Crippen molar-refractivity contribution in [1.82, 2.24) is 14.5 Å². The Bertz CT molecular complexity index is 728. The van der Waals surface area contributed by atoms with E-state index in [4.69, 9.17) is 4.74 Å². The minimum atomic E-state index is -4.40. The van der Waals surface area contributed by atoms with Gasteiger partial charge in [-0.1, -0.05) is 0 Å². The predicted molar refractivity (Wildman–Crippen MR) is 77.0 cm³/mol. The molecule has 0 bridgehead atoms. The zero-order chi connectivity index (χ0) is 17.9. The number of nitrogens with zero attached hydrogens (tertiary/aromatic N) is 3. The van der Waals surface area contributed by atoms with Crippen molar-refractivity contribution in [3.8, 4) is 5.75 Å². The highest BCUT2D eigenvalue weighted by Gasteiger charge is 2.29. The molecule has 1 aromatic carbocycles. The third-order valence-corrected chi connectivity index (χ3v) is 3.28. The molecule has 1 aromatic heterocycles. The molecule has 0 saturated carbocycles. The minimum absolute atomic E-state index is 0.0529. The highest BCUT2D eigenvalue weighted by molar-refractivity contribution is 5.94. The van der Waals surface area contributed by atoms with E-state index >= 15 is 0 Å². The summed E-state index contributed by atoms with van der Waals surface area (Å²) in [5, 5.41) is 0. The number of methoxy groups -OCH3 is 1. The molecule has 1 amide bonds. The third-order valence-electron chi connectivity index (χ3n) is 3.28. The summed E-state index contributed by atoms with van der Waals surface area (Å²) in [6, 6.07) is 3.75. The van der Waals surface area contributed by atoms with Gasteiger partial charge in [-0.25, -0.2) is 9.37 Å². The average Bonchev–Trinajstić information content (AvgIpc) is 2.91. The SMILES string of the molecule is COc1ccc(C(=O)N(C)Cc2nccn2CC(F)(F)F)c(F)c1. The minimum Gasteiger partial charge on any atom is -0.497 e. The Morgan fingerprint density at radius 2 is 2.08 bits per heavy atom. The van der Waals surface area contributed by atoms with Crippen LogP contribution in [-0.4, -0.2) is 40.7 Å². The van der Waals surface area contributed by atoms with Crippen LogP contribution in [0.15, 0.2) is 30.6 Å². The number of ether oxygens (including phenoxy) is 1. The van der Waals surface area contributed by atoms with Gasteiger partial charge in [0.05, 0.1) is 19.2 Å². The quantitative estimate of drug-likeness (QED) is 0.783. The fourth-order valence-corrected chi connectivity index (χ4v) is 2.11. The number of hydrogen-bond donors (Lipinski definition) is 0. The number of aromatic nitrogens is 2. The number of alkyl halides is 3. The molecule has 0 atom stereocenters. The Morgan fingerprint density at radius 3 is 2.67 bits per heavy atom. The zero-order valence-corrected chi connectivity index (χ0v) is 13.0. The number of amides is 1. The molecule has 5 nitrogen and oxygen atoms in total. The molecule has 130 valence electrons. The second-order valence-electron chi connectivity index (χ2n) is 5.09. The second-order valence-corrected chi connectivity index (χ2v) is 5.09. The highest BCUT2D eigenvalue weighted by atomic mass is 19.4. The predicted octanol–water partition coefficient (Wildman–Crippen LogP) is 2.87. The Balaban J connectivity index is 2.14. The Kier molecular flexibility index (Phi) is 5.10. The van der Waals surface area contributed by atoms with Crippen LogP contribution in [-0.2, 0) is 13.1 Å². The lowest BCUT2D eigenvalue weighted by molar-refractivity contribution is -0.141. The number of rotatable bonds is 5. The number of imidazole rings is 1. The maximum Gasteiger partial charge on any atom is 0.406 e. The number of carbonyl (C=O) groups excluding carboxylic acids is 1. The van der Waals surface area contributed by atoms with E-state index in [1.165, 1.54) is 38.7 Å². The number of halogens is 4. The molecule has 0 N–H and O–H groups in total. The lowest BCUT2D eigenvalue weighted by atomic mass is 10.2. The van der Waals surface area contributed by atoms with Crippen molar-refractivity contribution in [3.05, 3.63) is 47.8 Å². The summed E-state index contributed by atoms with van der Waals surface area (Å²) >= 11 is 0. The lowest BCUT2D eigenvalue weighted by Crippen LogP contribution is -2.29. The smallest absolute Gasteiger partial charge is 0.406 e. The summed E-state index contributed by atoms with van der Waals surface area (Å²) in [7, 11) is 2.72. The van der Waals surface area contributed by atoms with Crippen molar-refractivity contribution >= 4 is 5.91 Å². The summed E-state index contributed by atoms with van der Waals surface area (Å²) in [5.41, 5.74) is -0.202. The molecule has 24 heavy (non-hydrogen) atoms. The van der Waals surface area contributed by atoms with Gasteiger partial charge in [-0.15, -0.1) is 0 Å². The van der Waals surface area contributed by atoms with Crippen molar-refractivity contribution in [2.45, 2.75) is 19.3 Å². The zero-order valence-electron chi connectivity index (χ0n) is 13.0. The number of carbonyl (C=O) groups is 1. The van der Waals surface area contributed by atoms with Crippen molar-refractivity contribution < 1.29 is 27.1 Å². The topological polar surface area (TPSA) is 47.4 Å². The molecule has 0 spiro atoms. The van der Waals surface area contributed by atoms with Gasteiger partial charge in [-0.05, 0) is 12.1 Å². The van der Waals surface area contributed by atoms with Gasteiger partial charge in [-0.3, -0.25) is 4.79 Å². The van der Waals surface area contributed by atoms with Gasteiger partial charge in [0.15, 0.2) is 0 Å². The van der Waals surface area contributed by atoms with Gasteiger partial charge in [0.2, 0.25) is 0 Å². The van der Waals surface area contributed by atoms with E-state index in [0.29, 0.717) is 0 Å². The van der Waals surface area contributed by atoms with Crippen molar-refractivity contribution in [3.63, 3.8) is 0 Å². The van der Waals surface area contributed by atoms with Crippen molar-refractivity contribution in [2.75, 3.05) is 14.2 Å². The summed E-state index contributed by atoms with van der Waals surface area (Å²) < 4.78 is 57.2. The third kappa shape index (κ3) is 4.24. The van der Waals surface area contributed by atoms with Crippen LogP contribution in [0.5, 0.6) is 5.75 Å². The largest absolute Gasteiger partial charge is 0.497 e. The number of benzene rings is 1. The fourth-order valence-electron chi connectivity index (χ4n) is 2.11. The van der Waals surface area contributed by atoms with Gasteiger partial charge >= 0.3 is 6.18 Å². The molecule has 0 aliphatic rings. The van der Waals surface area contributed by atoms with Crippen LogP contribution in [0.1, 0.15) is 16.2 Å². The second kappa shape index (κ2) is 6.90. The van der Waals surface area contributed by atoms with Crippen LogP contribution in [0.4, 0.5) is 17.6 Å². The van der Waals surface area contributed by atoms with Crippen LogP contribution in [0.3, 0.4) is 0 Å². The first-order valence-electron chi connectivity index (χ1n) is 6.87. The summed E-state index contributed by atoms with van der Waals surface area (Å²) in [4.78, 5) is 17.2.